The first kappa shape index (κ1) is 14.2. The molecule has 21 heavy (non-hydrogen) atoms. The Kier molecular flexibility index (Phi) is 4.56. The zero-order chi connectivity index (χ0) is 14.5. The van der Waals surface area contributed by atoms with Crippen LogP contribution in [0.25, 0.3) is 0 Å². The molecule has 1 atom stereocenters. The first-order valence-corrected chi connectivity index (χ1v) is 7.78. The molecule has 1 aliphatic carbocycles. The van der Waals surface area contributed by atoms with E-state index < -0.39 is 0 Å². The molecule has 3 rings (SSSR count). The Morgan fingerprint density at radius 2 is 1.95 bits per heavy atom. The average Bonchev–Trinajstić information content (AvgIpc) is 2.55. The highest BCUT2D eigenvalue weighted by atomic mass is 16.5. The lowest BCUT2D eigenvalue weighted by Crippen LogP contribution is -2.35. The van der Waals surface area contributed by atoms with Crippen molar-refractivity contribution in [3.05, 3.63) is 65.2 Å². The number of fused-ring (bicyclic) bond motifs is 1. The minimum Gasteiger partial charge on any atom is -0.497 e. The van der Waals surface area contributed by atoms with Gasteiger partial charge in [-0.15, -0.1) is 0 Å². The van der Waals surface area contributed by atoms with Crippen LogP contribution >= 0.6 is 0 Å². The van der Waals surface area contributed by atoms with E-state index in [9.17, 15) is 0 Å². The van der Waals surface area contributed by atoms with Crippen LogP contribution in [0.1, 0.15) is 23.1 Å². The summed E-state index contributed by atoms with van der Waals surface area (Å²) in [5, 5.41) is 3.71. The maximum absolute atomic E-state index is 5.27. The van der Waals surface area contributed by atoms with Crippen LogP contribution in [0.2, 0.25) is 0 Å². The van der Waals surface area contributed by atoms with Crippen molar-refractivity contribution < 1.29 is 4.74 Å². The van der Waals surface area contributed by atoms with E-state index in [0.717, 1.165) is 25.1 Å². The summed E-state index contributed by atoms with van der Waals surface area (Å²) in [6, 6.07) is 17.8. The topological polar surface area (TPSA) is 21.3 Å². The number of methoxy groups -OCH3 is 1. The van der Waals surface area contributed by atoms with Crippen molar-refractivity contribution in [1.82, 2.24) is 5.32 Å². The minimum absolute atomic E-state index is 0.616. The van der Waals surface area contributed by atoms with Crippen molar-refractivity contribution in [2.24, 2.45) is 0 Å². The molecule has 0 aromatic heterocycles. The summed E-state index contributed by atoms with van der Waals surface area (Å²) in [5.41, 5.74) is 4.38. The molecule has 0 bridgehead atoms. The summed E-state index contributed by atoms with van der Waals surface area (Å²) in [4.78, 5) is 0. The molecule has 0 fully saturated rings. The van der Waals surface area contributed by atoms with E-state index in [-0.39, 0.29) is 0 Å². The summed E-state index contributed by atoms with van der Waals surface area (Å²) in [6.45, 7) is 1.03. The molecule has 1 unspecified atom stereocenters. The molecule has 0 aliphatic heterocycles. The molecular formula is C19H23NO. The molecule has 110 valence electrons. The largest absolute Gasteiger partial charge is 0.497 e. The monoisotopic (exact) mass is 281 g/mol. The number of aryl methyl sites for hydroxylation is 1. The standard InChI is InChI=1S/C19H23NO/c1-21-19-8-4-5-15(13-19)11-12-20-18-10-9-16-6-2-3-7-17(16)14-18/h2-8,13,18,20H,9-12,14H2,1H3. The Balaban J connectivity index is 1.50. The van der Waals surface area contributed by atoms with Crippen LogP contribution in [0.15, 0.2) is 48.5 Å². The van der Waals surface area contributed by atoms with Crippen molar-refractivity contribution in [2.45, 2.75) is 31.7 Å². The number of benzene rings is 2. The molecule has 0 heterocycles. The molecule has 0 spiro atoms. The summed E-state index contributed by atoms with van der Waals surface area (Å²) in [7, 11) is 1.72. The Morgan fingerprint density at radius 3 is 2.81 bits per heavy atom. The van der Waals surface area contributed by atoms with Gasteiger partial charge in [0.05, 0.1) is 7.11 Å². The van der Waals surface area contributed by atoms with Gasteiger partial charge in [0.1, 0.15) is 5.75 Å². The normalized spacial score (nSPS) is 17.3. The van der Waals surface area contributed by atoms with Crippen molar-refractivity contribution >= 4 is 0 Å². The predicted octanol–water partition coefficient (Wildman–Crippen LogP) is 3.38. The van der Waals surface area contributed by atoms with Gasteiger partial charge in [-0.05, 0) is 61.1 Å². The smallest absolute Gasteiger partial charge is 0.119 e. The van der Waals surface area contributed by atoms with Crippen LogP contribution in [-0.2, 0) is 19.3 Å². The Morgan fingerprint density at radius 1 is 1.10 bits per heavy atom. The van der Waals surface area contributed by atoms with Gasteiger partial charge in [-0.2, -0.15) is 0 Å². The van der Waals surface area contributed by atoms with Gasteiger partial charge in [-0.1, -0.05) is 36.4 Å². The van der Waals surface area contributed by atoms with Crippen LogP contribution in [0, 0.1) is 0 Å². The second kappa shape index (κ2) is 6.77. The van der Waals surface area contributed by atoms with Gasteiger partial charge in [0, 0.05) is 6.04 Å². The SMILES string of the molecule is COc1cccc(CCNC2CCc3ccccc3C2)c1. The van der Waals surface area contributed by atoms with Crippen molar-refractivity contribution in [3.63, 3.8) is 0 Å². The Hall–Kier alpha value is -1.80. The quantitative estimate of drug-likeness (QED) is 0.907. The fraction of sp³-hybridized carbons (Fsp3) is 0.368. The van der Waals surface area contributed by atoms with Crippen molar-refractivity contribution in [1.29, 1.82) is 0 Å². The maximum Gasteiger partial charge on any atom is 0.119 e. The summed E-state index contributed by atoms with van der Waals surface area (Å²) >= 11 is 0. The van der Waals surface area contributed by atoms with E-state index in [4.69, 9.17) is 4.74 Å². The van der Waals surface area contributed by atoms with E-state index in [0.29, 0.717) is 6.04 Å². The van der Waals surface area contributed by atoms with Crippen LogP contribution in [0.3, 0.4) is 0 Å². The summed E-state index contributed by atoms with van der Waals surface area (Å²) in [5.74, 6) is 0.944. The molecule has 2 nitrogen and oxygen atoms in total. The van der Waals surface area contributed by atoms with Crippen LogP contribution in [0.4, 0.5) is 0 Å². The second-order valence-corrected chi connectivity index (χ2v) is 5.76. The number of hydrogen-bond acceptors (Lipinski definition) is 2. The highest BCUT2D eigenvalue weighted by molar-refractivity contribution is 5.30. The number of ether oxygens (including phenoxy) is 1. The molecular weight excluding hydrogens is 258 g/mol. The van der Waals surface area contributed by atoms with Crippen LogP contribution in [-0.4, -0.2) is 19.7 Å². The van der Waals surface area contributed by atoms with E-state index in [2.05, 4.69) is 47.8 Å². The zero-order valence-electron chi connectivity index (χ0n) is 12.6. The highest BCUT2D eigenvalue weighted by Gasteiger charge is 2.17. The Labute approximate surface area is 127 Å². The first-order valence-electron chi connectivity index (χ1n) is 7.78. The van der Waals surface area contributed by atoms with Gasteiger partial charge in [0.2, 0.25) is 0 Å². The number of nitrogens with one attached hydrogen (secondary N) is 1. The maximum atomic E-state index is 5.27. The molecule has 2 aromatic rings. The highest BCUT2D eigenvalue weighted by Crippen LogP contribution is 2.21. The van der Waals surface area contributed by atoms with Gasteiger partial charge in [0.25, 0.3) is 0 Å². The lowest BCUT2D eigenvalue weighted by Gasteiger charge is -2.25. The van der Waals surface area contributed by atoms with Gasteiger partial charge >= 0.3 is 0 Å². The fourth-order valence-corrected chi connectivity index (χ4v) is 3.12. The molecule has 0 amide bonds. The lowest BCUT2D eigenvalue weighted by molar-refractivity contribution is 0.414. The molecule has 1 aliphatic rings. The van der Waals surface area contributed by atoms with Crippen molar-refractivity contribution in [2.75, 3.05) is 13.7 Å². The van der Waals surface area contributed by atoms with Gasteiger partial charge in [0.15, 0.2) is 0 Å². The fourth-order valence-electron chi connectivity index (χ4n) is 3.12. The third-order valence-electron chi connectivity index (χ3n) is 4.33. The van der Waals surface area contributed by atoms with Gasteiger partial charge < -0.3 is 10.1 Å². The molecule has 0 saturated carbocycles. The van der Waals surface area contributed by atoms with Crippen molar-refractivity contribution in [3.8, 4) is 5.75 Å². The zero-order valence-corrected chi connectivity index (χ0v) is 12.6. The van der Waals surface area contributed by atoms with Gasteiger partial charge in [-0.3, -0.25) is 0 Å². The number of hydrogen-bond donors (Lipinski definition) is 1. The summed E-state index contributed by atoms with van der Waals surface area (Å²) in [6.07, 6.45) is 4.66. The Bertz CT molecular complexity index is 594. The van der Waals surface area contributed by atoms with E-state index in [1.54, 1.807) is 7.11 Å². The molecule has 2 heteroatoms. The molecule has 0 saturated heterocycles. The third-order valence-corrected chi connectivity index (χ3v) is 4.33. The first-order chi connectivity index (χ1) is 10.3. The number of rotatable bonds is 5. The van der Waals surface area contributed by atoms with Crippen LogP contribution in [0.5, 0.6) is 5.75 Å². The summed E-state index contributed by atoms with van der Waals surface area (Å²) < 4.78 is 5.27. The van der Waals surface area contributed by atoms with E-state index in [1.807, 2.05) is 6.07 Å². The molecule has 0 radical (unpaired) electrons. The third kappa shape index (κ3) is 3.64. The van der Waals surface area contributed by atoms with Gasteiger partial charge in [-0.25, -0.2) is 0 Å². The predicted molar refractivity (Wildman–Crippen MR) is 87.0 cm³/mol. The van der Waals surface area contributed by atoms with E-state index in [1.165, 1.54) is 29.5 Å². The lowest BCUT2D eigenvalue weighted by atomic mass is 9.88. The minimum atomic E-state index is 0.616. The molecule has 2 aromatic carbocycles. The van der Waals surface area contributed by atoms with E-state index >= 15 is 0 Å². The molecule has 1 N–H and O–H groups in total. The second-order valence-electron chi connectivity index (χ2n) is 5.76. The van der Waals surface area contributed by atoms with Crippen LogP contribution < -0.4 is 10.1 Å². The average molecular weight is 281 g/mol.